The van der Waals surface area contributed by atoms with Gasteiger partial charge in [0, 0.05) is 11.8 Å². The van der Waals surface area contributed by atoms with Gasteiger partial charge in [-0.3, -0.25) is 0 Å². The van der Waals surface area contributed by atoms with Gasteiger partial charge in [-0.25, -0.2) is 6.57 Å². The average Bonchev–Trinajstić information content (AvgIpc) is 2.30. The van der Waals surface area contributed by atoms with Gasteiger partial charge in [0.15, 0.2) is 0 Å². The van der Waals surface area contributed by atoms with Crippen molar-refractivity contribution in [2.75, 3.05) is 0 Å². The third-order valence-corrected chi connectivity index (χ3v) is 2.52. The lowest BCUT2D eigenvalue weighted by atomic mass is 10.2. The van der Waals surface area contributed by atoms with Crippen LogP contribution in [0.15, 0.2) is 0 Å². The Bertz CT molecular complexity index is 160. The van der Waals surface area contributed by atoms with E-state index in [-0.39, 0.29) is 12.1 Å². The highest BCUT2D eigenvalue weighted by Gasteiger charge is 2.62. The normalized spacial score (nSPS) is 54.2. The molecule has 2 aliphatic rings. The van der Waals surface area contributed by atoms with E-state index in [0.717, 1.165) is 12.8 Å². The predicted octanol–water partition coefficient (Wildman–Crippen LogP) is 0.675. The fourth-order valence-corrected chi connectivity index (χ4v) is 1.97. The van der Waals surface area contributed by atoms with Crippen LogP contribution in [0.5, 0.6) is 0 Å². The fraction of sp³-hybridized carbons (Fsp3) is 0.857. The zero-order valence-corrected chi connectivity index (χ0v) is 5.12. The Kier molecular flexibility index (Phi) is 0.866. The number of hydrogen-bond acceptors (Lipinski definition) is 1. The van der Waals surface area contributed by atoms with E-state index in [2.05, 4.69) is 4.85 Å². The van der Waals surface area contributed by atoms with Gasteiger partial charge in [0.05, 0.1) is 6.10 Å². The molecule has 0 aromatic carbocycles. The van der Waals surface area contributed by atoms with Crippen LogP contribution in [0.1, 0.15) is 12.8 Å². The zero-order valence-electron chi connectivity index (χ0n) is 5.12. The van der Waals surface area contributed by atoms with E-state index in [1.165, 1.54) is 0 Å². The molecule has 2 nitrogen and oxygen atoms in total. The standard InChI is InChI=1S/C7H9NO/c1-8-7-5-2-4(9)3-6(5)7/h4-7,9H,2-3H2. The lowest BCUT2D eigenvalue weighted by Crippen LogP contribution is -2.05. The SMILES string of the molecule is [C-]#[N+]C1C2CC(O)CC21. The first-order valence-electron chi connectivity index (χ1n) is 3.37. The minimum absolute atomic E-state index is 0.0852. The van der Waals surface area contributed by atoms with Crippen LogP contribution in [0.3, 0.4) is 0 Å². The molecule has 9 heavy (non-hydrogen) atoms. The molecule has 0 heterocycles. The summed E-state index contributed by atoms with van der Waals surface area (Å²) in [7, 11) is 0. The lowest BCUT2D eigenvalue weighted by Gasteiger charge is -1.99. The number of aliphatic hydroxyl groups is 1. The Morgan fingerprint density at radius 2 is 1.89 bits per heavy atom. The number of fused-ring (bicyclic) bond motifs is 1. The molecule has 0 aliphatic heterocycles. The summed E-state index contributed by atoms with van der Waals surface area (Å²) in [4.78, 5) is 3.46. The summed E-state index contributed by atoms with van der Waals surface area (Å²) in [5.41, 5.74) is 0. The van der Waals surface area contributed by atoms with Crippen molar-refractivity contribution in [1.82, 2.24) is 0 Å². The van der Waals surface area contributed by atoms with E-state index >= 15 is 0 Å². The molecular formula is C7H9NO. The Balaban J connectivity index is 2.00. The molecule has 2 heteroatoms. The van der Waals surface area contributed by atoms with Crippen LogP contribution >= 0.6 is 0 Å². The van der Waals surface area contributed by atoms with Gasteiger partial charge in [0.1, 0.15) is 0 Å². The molecule has 1 N–H and O–H groups in total. The summed E-state index contributed by atoms with van der Waals surface area (Å²) in [6.45, 7) is 6.73. The van der Waals surface area contributed by atoms with Crippen molar-refractivity contribution < 1.29 is 5.11 Å². The second-order valence-corrected chi connectivity index (χ2v) is 3.07. The molecule has 0 radical (unpaired) electrons. The van der Waals surface area contributed by atoms with Crippen LogP contribution in [0.4, 0.5) is 0 Å². The summed E-state index contributed by atoms with van der Waals surface area (Å²) in [5, 5.41) is 9.04. The first-order valence-corrected chi connectivity index (χ1v) is 3.37. The lowest BCUT2D eigenvalue weighted by molar-refractivity contribution is 0.167. The molecule has 2 rings (SSSR count). The van der Waals surface area contributed by atoms with Crippen molar-refractivity contribution in [3.63, 3.8) is 0 Å². The Morgan fingerprint density at radius 3 is 2.33 bits per heavy atom. The number of nitrogens with zero attached hydrogens (tertiary/aromatic N) is 1. The minimum Gasteiger partial charge on any atom is -0.393 e. The minimum atomic E-state index is -0.0852. The summed E-state index contributed by atoms with van der Waals surface area (Å²) >= 11 is 0. The zero-order chi connectivity index (χ0) is 6.43. The second kappa shape index (κ2) is 1.48. The van der Waals surface area contributed by atoms with Gasteiger partial charge in [0.2, 0.25) is 6.04 Å². The predicted molar refractivity (Wildman–Crippen MR) is 32.6 cm³/mol. The molecule has 2 unspecified atom stereocenters. The highest BCUT2D eigenvalue weighted by atomic mass is 16.3. The van der Waals surface area contributed by atoms with Crippen LogP contribution in [0.25, 0.3) is 4.85 Å². The number of aliphatic hydroxyl groups excluding tert-OH is 1. The quantitative estimate of drug-likeness (QED) is 0.470. The first kappa shape index (κ1) is 5.25. The van der Waals surface area contributed by atoms with Crippen LogP contribution in [0, 0.1) is 18.4 Å². The highest BCUT2D eigenvalue weighted by molar-refractivity contribution is 5.14. The second-order valence-electron chi connectivity index (χ2n) is 3.07. The van der Waals surface area contributed by atoms with Crippen LogP contribution in [-0.4, -0.2) is 17.3 Å². The maximum atomic E-state index is 9.04. The van der Waals surface area contributed by atoms with Crippen LogP contribution < -0.4 is 0 Å². The van der Waals surface area contributed by atoms with Crippen LogP contribution in [0.2, 0.25) is 0 Å². The Hall–Kier alpha value is -0.550. The summed E-state index contributed by atoms with van der Waals surface area (Å²) in [6, 6.07) is 0.286. The number of rotatable bonds is 0. The van der Waals surface area contributed by atoms with Gasteiger partial charge in [-0.2, -0.15) is 0 Å². The summed E-state index contributed by atoms with van der Waals surface area (Å²) in [5.74, 6) is 1.13. The molecule has 2 atom stereocenters. The molecule has 2 saturated carbocycles. The van der Waals surface area contributed by atoms with Gasteiger partial charge in [0.25, 0.3) is 0 Å². The maximum absolute atomic E-state index is 9.04. The molecular weight excluding hydrogens is 114 g/mol. The van der Waals surface area contributed by atoms with Gasteiger partial charge >= 0.3 is 0 Å². The van der Waals surface area contributed by atoms with E-state index in [0.29, 0.717) is 11.8 Å². The largest absolute Gasteiger partial charge is 0.393 e. The molecule has 0 saturated heterocycles. The molecule has 48 valence electrons. The monoisotopic (exact) mass is 123 g/mol. The summed E-state index contributed by atoms with van der Waals surface area (Å²) in [6.07, 6.45) is 1.69. The molecule has 0 aromatic heterocycles. The molecule has 0 spiro atoms. The topological polar surface area (TPSA) is 24.6 Å². The van der Waals surface area contributed by atoms with Gasteiger partial charge in [-0.05, 0) is 12.8 Å². The van der Waals surface area contributed by atoms with Crippen molar-refractivity contribution in [1.29, 1.82) is 0 Å². The van der Waals surface area contributed by atoms with Gasteiger partial charge in [-0.15, -0.1) is 0 Å². The van der Waals surface area contributed by atoms with E-state index in [1.807, 2.05) is 0 Å². The third kappa shape index (κ3) is 0.585. The van der Waals surface area contributed by atoms with Crippen molar-refractivity contribution in [3.8, 4) is 0 Å². The third-order valence-electron chi connectivity index (χ3n) is 2.52. The van der Waals surface area contributed by atoms with Crippen molar-refractivity contribution in [3.05, 3.63) is 11.4 Å². The van der Waals surface area contributed by atoms with E-state index < -0.39 is 0 Å². The average molecular weight is 123 g/mol. The highest BCUT2D eigenvalue weighted by Crippen LogP contribution is 2.53. The van der Waals surface area contributed by atoms with Crippen molar-refractivity contribution in [2.45, 2.75) is 25.0 Å². The van der Waals surface area contributed by atoms with Crippen LogP contribution in [-0.2, 0) is 0 Å². The molecule has 0 bridgehead atoms. The Morgan fingerprint density at radius 1 is 1.33 bits per heavy atom. The maximum Gasteiger partial charge on any atom is 0.230 e. The van der Waals surface area contributed by atoms with E-state index in [9.17, 15) is 0 Å². The molecule has 0 aromatic rings. The van der Waals surface area contributed by atoms with Crippen molar-refractivity contribution >= 4 is 0 Å². The molecule has 2 aliphatic carbocycles. The smallest absolute Gasteiger partial charge is 0.230 e. The number of hydrogen-bond donors (Lipinski definition) is 1. The van der Waals surface area contributed by atoms with E-state index in [1.54, 1.807) is 0 Å². The first-order chi connectivity index (χ1) is 4.33. The van der Waals surface area contributed by atoms with Gasteiger partial charge in [-0.1, -0.05) is 0 Å². The van der Waals surface area contributed by atoms with E-state index in [4.69, 9.17) is 11.7 Å². The van der Waals surface area contributed by atoms with Gasteiger partial charge < -0.3 is 9.95 Å². The fourth-order valence-electron chi connectivity index (χ4n) is 1.97. The summed E-state index contributed by atoms with van der Waals surface area (Å²) < 4.78 is 0. The Labute approximate surface area is 54.3 Å². The van der Waals surface area contributed by atoms with Crippen molar-refractivity contribution in [2.24, 2.45) is 11.8 Å². The molecule has 0 amide bonds. The molecule has 2 fully saturated rings.